The van der Waals surface area contributed by atoms with Gasteiger partial charge in [0.2, 0.25) is 0 Å². The van der Waals surface area contributed by atoms with Gasteiger partial charge in [0, 0.05) is 17.5 Å². The predicted molar refractivity (Wildman–Crippen MR) is 57.6 cm³/mol. The number of carbonyl (C=O) groups is 1. The summed E-state index contributed by atoms with van der Waals surface area (Å²) >= 11 is 0. The maximum Gasteiger partial charge on any atom is 0.306 e. The lowest BCUT2D eigenvalue weighted by Crippen LogP contribution is -2.11. The van der Waals surface area contributed by atoms with Crippen LogP contribution in [0.4, 0.5) is 0 Å². The molecular weight excluding hydrogens is 208 g/mol. The van der Waals surface area contributed by atoms with E-state index in [2.05, 4.69) is 0 Å². The molecule has 1 aliphatic rings. The highest BCUT2D eigenvalue weighted by atomic mass is 16.5. The first-order valence-corrected chi connectivity index (χ1v) is 5.32. The van der Waals surface area contributed by atoms with Gasteiger partial charge in [0.1, 0.15) is 11.5 Å². The molecule has 0 unspecified atom stereocenters. The summed E-state index contributed by atoms with van der Waals surface area (Å²) in [6, 6.07) is 4.97. The van der Waals surface area contributed by atoms with E-state index in [1.165, 1.54) is 0 Å². The lowest BCUT2D eigenvalue weighted by molar-refractivity contribution is -0.143. The molecule has 0 aliphatic carbocycles. The molecule has 1 aromatic rings. The Morgan fingerprint density at radius 2 is 2.44 bits per heavy atom. The standard InChI is InChI=1S/C12H14O4/c1-2-15-12(14)5-8-7-16-11-6-9(13)3-4-10(8)11/h3-4,6,8,13H,2,5,7H2,1H3/t8-/m1/s1. The van der Waals surface area contributed by atoms with E-state index in [0.717, 1.165) is 5.56 Å². The molecule has 0 spiro atoms. The van der Waals surface area contributed by atoms with Gasteiger partial charge in [0.15, 0.2) is 0 Å². The summed E-state index contributed by atoms with van der Waals surface area (Å²) in [6.45, 7) is 2.65. The van der Waals surface area contributed by atoms with Gasteiger partial charge in [0.25, 0.3) is 0 Å². The van der Waals surface area contributed by atoms with Crippen LogP contribution in [-0.2, 0) is 9.53 Å². The summed E-state index contributed by atoms with van der Waals surface area (Å²) in [5.74, 6) is 0.663. The summed E-state index contributed by atoms with van der Waals surface area (Å²) in [5, 5.41) is 9.28. The number of phenolic OH excluding ortho intramolecular Hbond substituents is 1. The Morgan fingerprint density at radius 3 is 3.19 bits per heavy atom. The molecule has 0 fully saturated rings. The molecule has 0 saturated heterocycles. The molecule has 0 radical (unpaired) electrons. The van der Waals surface area contributed by atoms with Crippen LogP contribution in [0.1, 0.15) is 24.8 Å². The number of phenols is 1. The Hall–Kier alpha value is -1.71. The van der Waals surface area contributed by atoms with Gasteiger partial charge < -0.3 is 14.6 Å². The number of carbonyl (C=O) groups excluding carboxylic acids is 1. The van der Waals surface area contributed by atoms with Crippen molar-refractivity contribution in [3.8, 4) is 11.5 Å². The van der Waals surface area contributed by atoms with Gasteiger partial charge >= 0.3 is 5.97 Å². The first-order valence-electron chi connectivity index (χ1n) is 5.32. The molecule has 1 N–H and O–H groups in total. The van der Waals surface area contributed by atoms with E-state index in [0.29, 0.717) is 25.4 Å². The van der Waals surface area contributed by atoms with Crippen LogP contribution in [0, 0.1) is 0 Å². The van der Waals surface area contributed by atoms with Crippen molar-refractivity contribution in [2.24, 2.45) is 0 Å². The van der Waals surface area contributed by atoms with Crippen LogP contribution in [0.5, 0.6) is 11.5 Å². The van der Waals surface area contributed by atoms with Gasteiger partial charge in [-0.3, -0.25) is 4.79 Å². The van der Waals surface area contributed by atoms with E-state index < -0.39 is 0 Å². The zero-order valence-electron chi connectivity index (χ0n) is 9.10. The molecule has 1 atom stereocenters. The number of benzene rings is 1. The largest absolute Gasteiger partial charge is 0.508 e. The maximum absolute atomic E-state index is 11.3. The molecule has 16 heavy (non-hydrogen) atoms. The van der Waals surface area contributed by atoms with E-state index >= 15 is 0 Å². The average molecular weight is 222 g/mol. The normalized spacial score (nSPS) is 17.7. The molecule has 1 aliphatic heterocycles. The third-order valence-electron chi connectivity index (χ3n) is 2.60. The second-order valence-corrected chi connectivity index (χ2v) is 3.74. The minimum atomic E-state index is -0.211. The quantitative estimate of drug-likeness (QED) is 0.792. The van der Waals surface area contributed by atoms with Crippen LogP contribution in [0.3, 0.4) is 0 Å². The van der Waals surface area contributed by atoms with Gasteiger partial charge in [0.05, 0.1) is 19.6 Å². The average Bonchev–Trinajstić information content (AvgIpc) is 2.61. The number of rotatable bonds is 3. The van der Waals surface area contributed by atoms with Crippen molar-refractivity contribution in [3.63, 3.8) is 0 Å². The smallest absolute Gasteiger partial charge is 0.306 e. The number of aromatic hydroxyl groups is 1. The van der Waals surface area contributed by atoms with Gasteiger partial charge in [-0.15, -0.1) is 0 Å². The van der Waals surface area contributed by atoms with Crippen LogP contribution in [-0.4, -0.2) is 24.3 Å². The SMILES string of the molecule is CCOC(=O)C[C@@H]1COc2cc(O)ccc21. The fraction of sp³-hybridized carbons (Fsp3) is 0.417. The Morgan fingerprint density at radius 1 is 1.62 bits per heavy atom. The molecule has 1 aromatic carbocycles. The first kappa shape index (κ1) is 10.8. The predicted octanol–water partition coefficient (Wildman–Crippen LogP) is 1.82. The van der Waals surface area contributed by atoms with Crippen LogP contribution in [0.2, 0.25) is 0 Å². The second-order valence-electron chi connectivity index (χ2n) is 3.74. The molecule has 0 bridgehead atoms. The van der Waals surface area contributed by atoms with E-state index in [1.807, 2.05) is 0 Å². The first-order chi connectivity index (χ1) is 7.70. The summed E-state index contributed by atoms with van der Waals surface area (Å²) in [4.78, 5) is 11.3. The Kier molecular flexibility index (Phi) is 2.99. The van der Waals surface area contributed by atoms with Gasteiger partial charge in [-0.1, -0.05) is 6.07 Å². The molecule has 86 valence electrons. The fourth-order valence-electron chi connectivity index (χ4n) is 1.86. The van der Waals surface area contributed by atoms with Gasteiger partial charge in [-0.25, -0.2) is 0 Å². The summed E-state index contributed by atoms with van der Waals surface area (Å²) in [7, 11) is 0. The third-order valence-corrected chi connectivity index (χ3v) is 2.60. The topological polar surface area (TPSA) is 55.8 Å². The lowest BCUT2D eigenvalue weighted by atomic mass is 9.98. The van der Waals surface area contributed by atoms with Crippen molar-refractivity contribution in [1.29, 1.82) is 0 Å². The molecule has 0 amide bonds. The number of fused-ring (bicyclic) bond motifs is 1. The third kappa shape index (κ3) is 2.10. The fourth-order valence-corrected chi connectivity index (χ4v) is 1.86. The molecule has 0 aromatic heterocycles. The van der Waals surface area contributed by atoms with Crippen LogP contribution < -0.4 is 4.74 Å². The van der Waals surface area contributed by atoms with Gasteiger partial charge in [-0.05, 0) is 13.0 Å². The zero-order chi connectivity index (χ0) is 11.5. The van der Waals surface area contributed by atoms with E-state index in [9.17, 15) is 9.90 Å². The van der Waals surface area contributed by atoms with Crippen molar-refractivity contribution in [3.05, 3.63) is 23.8 Å². The highest BCUT2D eigenvalue weighted by Crippen LogP contribution is 2.37. The summed E-state index contributed by atoms with van der Waals surface area (Å²) in [6.07, 6.45) is 0.325. The number of hydrogen-bond donors (Lipinski definition) is 1. The number of hydrogen-bond acceptors (Lipinski definition) is 4. The van der Waals surface area contributed by atoms with Crippen LogP contribution in [0.25, 0.3) is 0 Å². The molecular formula is C12H14O4. The molecule has 0 saturated carbocycles. The van der Waals surface area contributed by atoms with Crippen molar-refractivity contribution in [1.82, 2.24) is 0 Å². The zero-order valence-corrected chi connectivity index (χ0v) is 9.10. The van der Waals surface area contributed by atoms with Crippen LogP contribution in [0.15, 0.2) is 18.2 Å². The maximum atomic E-state index is 11.3. The highest BCUT2D eigenvalue weighted by molar-refractivity contribution is 5.71. The lowest BCUT2D eigenvalue weighted by Gasteiger charge is -2.07. The van der Waals surface area contributed by atoms with Crippen LogP contribution >= 0.6 is 0 Å². The van der Waals surface area contributed by atoms with E-state index in [4.69, 9.17) is 9.47 Å². The number of ether oxygens (including phenoxy) is 2. The van der Waals surface area contributed by atoms with E-state index in [1.54, 1.807) is 25.1 Å². The summed E-state index contributed by atoms with van der Waals surface area (Å²) < 4.78 is 10.3. The van der Waals surface area contributed by atoms with Gasteiger partial charge in [-0.2, -0.15) is 0 Å². The van der Waals surface area contributed by atoms with E-state index in [-0.39, 0.29) is 17.6 Å². The highest BCUT2D eigenvalue weighted by Gasteiger charge is 2.26. The molecule has 4 heteroatoms. The summed E-state index contributed by atoms with van der Waals surface area (Å²) in [5.41, 5.74) is 0.964. The van der Waals surface area contributed by atoms with Crippen molar-refractivity contribution < 1.29 is 19.4 Å². The minimum Gasteiger partial charge on any atom is -0.508 e. The Labute approximate surface area is 93.8 Å². The Balaban J connectivity index is 2.09. The molecule has 4 nitrogen and oxygen atoms in total. The van der Waals surface area contributed by atoms with Crippen molar-refractivity contribution in [2.75, 3.05) is 13.2 Å². The molecule has 1 heterocycles. The van der Waals surface area contributed by atoms with Crippen molar-refractivity contribution in [2.45, 2.75) is 19.3 Å². The minimum absolute atomic E-state index is 0.0367. The second kappa shape index (κ2) is 4.43. The monoisotopic (exact) mass is 222 g/mol. The number of esters is 1. The van der Waals surface area contributed by atoms with Crippen molar-refractivity contribution >= 4 is 5.97 Å². The Bertz CT molecular complexity index is 400. The molecule has 2 rings (SSSR count).